The molecule has 0 radical (unpaired) electrons. The highest BCUT2D eigenvalue weighted by Gasteiger charge is 2.20. The standard InChI is InChI=1S/C18H22FN3O3/c1-11(2)8-13(10-23)20-18(25)17-16(24)9-12(3)22(21-17)15-7-5-4-6-14(15)19/h4-7,9,11,13,23H,8,10H2,1-3H3,(H,20,25). The number of aromatic nitrogens is 2. The van der Waals surface area contributed by atoms with Crippen molar-refractivity contribution in [2.24, 2.45) is 5.92 Å². The molecule has 1 atom stereocenters. The molecule has 6 nitrogen and oxygen atoms in total. The number of halogens is 1. The molecule has 0 saturated heterocycles. The number of nitrogens with one attached hydrogen (secondary N) is 1. The largest absolute Gasteiger partial charge is 0.394 e. The number of nitrogens with zero attached hydrogens (tertiary/aromatic N) is 2. The zero-order valence-corrected chi connectivity index (χ0v) is 14.5. The first kappa shape index (κ1) is 18.8. The Balaban J connectivity index is 2.39. The first-order valence-corrected chi connectivity index (χ1v) is 8.11. The van der Waals surface area contributed by atoms with Gasteiger partial charge >= 0.3 is 0 Å². The first-order valence-electron chi connectivity index (χ1n) is 8.11. The van der Waals surface area contributed by atoms with Crippen molar-refractivity contribution in [1.29, 1.82) is 0 Å². The van der Waals surface area contributed by atoms with Gasteiger partial charge in [0.25, 0.3) is 5.91 Å². The molecule has 0 bridgehead atoms. The number of aryl methyl sites for hydroxylation is 1. The Morgan fingerprint density at radius 1 is 1.36 bits per heavy atom. The molecule has 0 aliphatic heterocycles. The van der Waals surface area contributed by atoms with Crippen molar-refractivity contribution in [2.75, 3.05) is 6.61 Å². The summed E-state index contributed by atoms with van der Waals surface area (Å²) < 4.78 is 15.2. The topological polar surface area (TPSA) is 84.2 Å². The SMILES string of the molecule is Cc1cc(=O)c(C(=O)NC(CO)CC(C)C)nn1-c1ccccc1F. The molecule has 0 fully saturated rings. The summed E-state index contributed by atoms with van der Waals surface area (Å²) in [7, 11) is 0. The Labute approximate surface area is 145 Å². The average molecular weight is 347 g/mol. The van der Waals surface area contributed by atoms with Crippen molar-refractivity contribution < 1.29 is 14.3 Å². The van der Waals surface area contributed by atoms with Gasteiger partial charge in [-0.3, -0.25) is 9.59 Å². The van der Waals surface area contributed by atoms with Crippen molar-refractivity contribution in [3.05, 3.63) is 57.8 Å². The number of aliphatic hydroxyl groups excluding tert-OH is 1. The van der Waals surface area contributed by atoms with Gasteiger partial charge in [-0.05, 0) is 31.4 Å². The number of hydrogen-bond donors (Lipinski definition) is 2. The van der Waals surface area contributed by atoms with Gasteiger partial charge in [0.1, 0.15) is 11.5 Å². The molecule has 2 aromatic rings. The molecule has 0 spiro atoms. The van der Waals surface area contributed by atoms with Gasteiger partial charge in [0.15, 0.2) is 5.69 Å². The van der Waals surface area contributed by atoms with E-state index in [1.54, 1.807) is 19.1 Å². The summed E-state index contributed by atoms with van der Waals surface area (Å²) in [5.74, 6) is -0.936. The molecule has 0 aliphatic rings. The Morgan fingerprint density at radius 2 is 2.04 bits per heavy atom. The van der Waals surface area contributed by atoms with Crippen molar-refractivity contribution >= 4 is 5.91 Å². The summed E-state index contributed by atoms with van der Waals surface area (Å²) in [6.45, 7) is 5.29. The zero-order chi connectivity index (χ0) is 18.6. The summed E-state index contributed by atoms with van der Waals surface area (Å²) in [6, 6.07) is 6.74. The molecule has 1 aromatic heterocycles. The fourth-order valence-electron chi connectivity index (χ4n) is 2.57. The van der Waals surface area contributed by atoms with Crippen LogP contribution in [0.25, 0.3) is 5.69 Å². The number of carbonyl (C=O) groups excluding carboxylic acids is 1. The van der Waals surface area contributed by atoms with Gasteiger partial charge in [0.2, 0.25) is 5.43 Å². The lowest BCUT2D eigenvalue weighted by Gasteiger charge is -2.18. The third-order valence-corrected chi connectivity index (χ3v) is 3.71. The van der Waals surface area contributed by atoms with Gasteiger partial charge in [-0.1, -0.05) is 26.0 Å². The summed E-state index contributed by atoms with van der Waals surface area (Å²) in [5.41, 5.74) is -0.331. The van der Waals surface area contributed by atoms with E-state index in [2.05, 4.69) is 10.4 Å². The fraction of sp³-hybridized carbons (Fsp3) is 0.389. The molecule has 0 saturated carbocycles. The number of carbonyl (C=O) groups is 1. The Hall–Kier alpha value is -2.54. The number of para-hydroxylation sites is 1. The maximum atomic E-state index is 14.0. The predicted molar refractivity (Wildman–Crippen MR) is 92.3 cm³/mol. The second-order valence-electron chi connectivity index (χ2n) is 6.34. The highest BCUT2D eigenvalue weighted by atomic mass is 19.1. The highest BCUT2D eigenvalue weighted by Crippen LogP contribution is 2.13. The minimum absolute atomic E-state index is 0.148. The Bertz CT molecular complexity index is 817. The second kappa shape index (κ2) is 8.02. The molecule has 1 unspecified atom stereocenters. The quantitative estimate of drug-likeness (QED) is 0.835. The molecule has 2 rings (SSSR count). The molecular formula is C18H22FN3O3. The van der Waals surface area contributed by atoms with Crippen LogP contribution < -0.4 is 10.7 Å². The van der Waals surface area contributed by atoms with Crippen LogP contribution in [0, 0.1) is 18.7 Å². The average Bonchev–Trinajstić information content (AvgIpc) is 2.54. The second-order valence-corrected chi connectivity index (χ2v) is 6.34. The van der Waals surface area contributed by atoms with Crippen LogP contribution in [0.4, 0.5) is 4.39 Å². The van der Waals surface area contributed by atoms with Crippen LogP contribution in [0.3, 0.4) is 0 Å². The van der Waals surface area contributed by atoms with E-state index in [9.17, 15) is 19.1 Å². The van der Waals surface area contributed by atoms with Gasteiger partial charge in [-0.15, -0.1) is 0 Å². The van der Waals surface area contributed by atoms with Crippen LogP contribution in [0.15, 0.2) is 35.1 Å². The van der Waals surface area contributed by atoms with Crippen LogP contribution in [0.5, 0.6) is 0 Å². The first-order chi connectivity index (χ1) is 11.8. The molecular weight excluding hydrogens is 325 g/mol. The van der Waals surface area contributed by atoms with Crippen molar-refractivity contribution in [3.63, 3.8) is 0 Å². The Kier molecular flexibility index (Phi) is 6.03. The summed E-state index contributed by atoms with van der Waals surface area (Å²) in [5, 5.41) is 16.0. The van der Waals surface area contributed by atoms with E-state index >= 15 is 0 Å². The predicted octanol–water partition coefficient (Wildman–Crippen LogP) is 1.82. The number of amides is 1. The lowest BCUT2D eigenvalue weighted by Crippen LogP contribution is -2.41. The van der Waals surface area contributed by atoms with Crippen LogP contribution in [-0.4, -0.2) is 33.4 Å². The Morgan fingerprint density at radius 3 is 2.64 bits per heavy atom. The molecule has 2 N–H and O–H groups in total. The maximum Gasteiger partial charge on any atom is 0.276 e. The summed E-state index contributed by atoms with van der Waals surface area (Å²) >= 11 is 0. The lowest BCUT2D eigenvalue weighted by atomic mass is 10.0. The normalized spacial score (nSPS) is 12.2. The van der Waals surface area contributed by atoms with Crippen LogP contribution in [0.2, 0.25) is 0 Å². The van der Waals surface area contributed by atoms with Crippen molar-refractivity contribution in [1.82, 2.24) is 15.1 Å². The zero-order valence-electron chi connectivity index (χ0n) is 14.5. The van der Waals surface area contributed by atoms with Crippen LogP contribution in [0.1, 0.15) is 36.5 Å². The number of aliphatic hydroxyl groups is 1. The van der Waals surface area contributed by atoms with Crippen molar-refractivity contribution in [3.8, 4) is 5.69 Å². The van der Waals surface area contributed by atoms with Gasteiger partial charge in [0, 0.05) is 11.8 Å². The molecule has 25 heavy (non-hydrogen) atoms. The van der Waals surface area contributed by atoms with E-state index in [0.29, 0.717) is 12.1 Å². The smallest absolute Gasteiger partial charge is 0.276 e. The van der Waals surface area contributed by atoms with Gasteiger partial charge < -0.3 is 10.4 Å². The molecule has 0 aliphatic carbocycles. The summed E-state index contributed by atoms with van der Waals surface area (Å²) in [4.78, 5) is 24.6. The third kappa shape index (κ3) is 4.51. The van der Waals surface area contributed by atoms with E-state index in [-0.39, 0.29) is 23.9 Å². The highest BCUT2D eigenvalue weighted by molar-refractivity contribution is 5.92. The van der Waals surface area contributed by atoms with Gasteiger partial charge in [-0.2, -0.15) is 5.10 Å². The minimum atomic E-state index is -0.685. The third-order valence-electron chi connectivity index (χ3n) is 3.71. The van der Waals surface area contributed by atoms with E-state index in [0.717, 1.165) is 0 Å². The van der Waals surface area contributed by atoms with E-state index in [1.807, 2.05) is 13.8 Å². The number of hydrogen-bond acceptors (Lipinski definition) is 4. The van der Waals surface area contributed by atoms with Crippen molar-refractivity contribution in [2.45, 2.75) is 33.2 Å². The number of rotatable bonds is 6. The van der Waals surface area contributed by atoms with Gasteiger partial charge in [0.05, 0.1) is 12.6 Å². The minimum Gasteiger partial charge on any atom is -0.394 e. The van der Waals surface area contributed by atoms with E-state index in [1.165, 1.54) is 22.9 Å². The number of benzene rings is 1. The molecule has 1 heterocycles. The molecule has 1 amide bonds. The van der Waals surface area contributed by atoms with Crippen LogP contribution >= 0.6 is 0 Å². The monoisotopic (exact) mass is 347 g/mol. The van der Waals surface area contributed by atoms with E-state index in [4.69, 9.17) is 0 Å². The summed E-state index contributed by atoms with van der Waals surface area (Å²) in [6.07, 6.45) is 0.565. The molecule has 1 aromatic carbocycles. The lowest BCUT2D eigenvalue weighted by molar-refractivity contribution is 0.0900. The van der Waals surface area contributed by atoms with Gasteiger partial charge in [-0.25, -0.2) is 9.07 Å². The maximum absolute atomic E-state index is 14.0. The fourth-order valence-corrected chi connectivity index (χ4v) is 2.57. The molecule has 134 valence electrons. The molecule has 7 heteroatoms. The van der Waals surface area contributed by atoms with Crippen LogP contribution in [-0.2, 0) is 0 Å². The van der Waals surface area contributed by atoms with E-state index < -0.39 is 23.2 Å².